The quantitative estimate of drug-likeness (QED) is 0.427. The Kier molecular flexibility index (Phi) is 6.70. The number of amides is 2. The first kappa shape index (κ1) is 22.9. The summed E-state index contributed by atoms with van der Waals surface area (Å²) in [5.74, 6) is 1.06. The monoisotopic (exact) mass is 448 g/mol. The Morgan fingerprint density at radius 1 is 1.09 bits per heavy atom. The molecule has 0 saturated carbocycles. The van der Waals surface area contributed by atoms with E-state index in [4.69, 9.17) is 9.84 Å². The Hall–Kier alpha value is -3.32. The molecule has 1 saturated heterocycles. The van der Waals surface area contributed by atoms with Gasteiger partial charge in [0.05, 0.1) is 30.2 Å². The third-order valence-electron chi connectivity index (χ3n) is 6.26. The number of hydrogen-bond donors (Lipinski definition) is 1. The van der Waals surface area contributed by atoms with Gasteiger partial charge in [0.1, 0.15) is 5.75 Å². The number of nitrogens with zero attached hydrogens (tertiary/aromatic N) is 4. The van der Waals surface area contributed by atoms with Gasteiger partial charge in [-0.1, -0.05) is 29.8 Å². The summed E-state index contributed by atoms with van der Waals surface area (Å²) < 4.78 is 7.30. The average molecular weight is 449 g/mol. The number of aromatic nitrogens is 2. The normalized spacial score (nSPS) is 14.5. The Morgan fingerprint density at radius 3 is 2.30 bits per heavy atom. The molecule has 2 aromatic carbocycles. The number of urea groups is 1. The molecule has 2 amide bonds. The number of carbonyl (C=O) groups is 1. The van der Waals surface area contributed by atoms with Gasteiger partial charge < -0.3 is 9.64 Å². The maximum atomic E-state index is 12.5. The van der Waals surface area contributed by atoms with Crippen LogP contribution >= 0.6 is 0 Å². The number of carbonyl (C=O) groups excluding carboxylic acids is 1. The molecule has 2 heterocycles. The fourth-order valence-electron chi connectivity index (χ4n) is 4.18. The summed E-state index contributed by atoms with van der Waals surface area (Å²) in [5, 5.41) is 15.8. The molecular formula is C26H32N4O3. The predicted octanol–water partition coefficient (Wildman–Crippen LogP) is 5.26. The second kappa shape index (κ2) is 9.67. The summed E-state index contributed by atoms with van der Waals surface area (Å²) in [4.78, 5) is 14.2. The van der Waals surface area contributed by atoms with Crippen LogP contribution in [0.4, 0.5) is 4.79 Å². The molecule has 7 heteroatoms. The molecule has 0 atom stereocenters. The van der Waals surface area contributed by atoms with Crippen LogP contribution < -0.4 is 4.74 Å². The summed E-state index contributed by atoms with van der Waals surface area (Å²) in [5.41, 5.74) is 5.35. The van der Waals surface area contributed by atoms with Crippen molar-refractivity contribution in [2.45, 2.75) is 45.6 Å². The Balaban J connectivity index is 1.60. The van der Waals surface area contributed by atoms with Crippen molar-refractivity contribution in [1.29, 1.82) is 0 Å². The number of benzene rings is 2. The molecule has 4 rings (SSSR count). The first-order chi connectivity index (χ1) is 15.9. The number of likely N-dealkylation sites (tertiary alicyclic amines) is 1. The van der Waals surface area contributed by atoms with Gasteiger partial charge in [-0.2, -0.15) is 5.10 Å². The minimum Gasteiger partial charge on any atom is -0.497 e. The highest BCUT2D eigenvalue weighted by Gasteiger charge is 2.29. The first-order valence-electron chi connectivity index (χ1n) is 11.5. The molecule has 174 valence electrons. The number of ether oxygens (including phenoxy) is 1. The molecule has 0 radical (unpaired) electrons. The largest absolute Gasteiger partial charge is 0.497 e. The lowest BCUT2D eigenvalue weighted by atomic mass is 9.93. The Labute approximate surface area is 195 Å². The van der Waals surface area contributed by atoms with Crippen molar-refractivity contribution in [1.82, 2.24) is 19.7 Å². The lowest BCUT2D eigenvalue weighted by Gasteiger charge is -2.34. The van der Waals surface area contributed by atoms with Crippen LogP contribution in [0.2, 0.25) is 0 Å². The van der Waals surface area contributed by atoms with E-state index in [2.05, 4.69) is 37.3 Å². The summed E-state index contributed by atoms with van der Waals surface area (Å²) >= 11 is 0. The molecule has 33 heavy (non-hydrogen) atoms. The van der Waals surface area contributed by atoms with Crippen molar-refractivity contribution in [2.75, 3.05) is 20.2 Å². The van der Waals surface area contributed by atoms with Crippen LogP contribution in [-0.2, 0) is 0 Å². The average Bonchev–Trinajstić information content (AvgIpc) is 3.29. The molecule has 1 aliphatic heterocycles. The second-order valence-electron chi connectivity index (χ2n) is 8.91. The molecule has 0 bridgehead atoms. The number of methoxy groups -OCH3 is 1. The van der Waals surface area contributed by atoms with Crippen LogP contribution in [-0.4, -0.2) is 57.2 Å². The standard InChI is InChI=1S/C26H32N4O3/c1-18(2)30(32)26(31)28-15-13-20(14-16-28)24-17-25(21-7-5-19(3)6-8-21)29(27-24)22-9-11-23(33-4)12-10-22/h5-12,17-18,20,32H,13-16H2,1-4H3. The molecule has 0 unspecified atom stereocenters. The zero-order valence-electron chi connectivity index (χ0n) is 19.7. The van der Waals surface area contributed by atoms with E-state index in [1.807, 2.05) is 28.9 Å². The van der Waals surface area contributed by atoms with E-state index < -0.39 is 0 Å². The van der Waals surface area contributed by atoms with Crippen molar-refractivity contribution in [2.24, 2.45) is 0 Å². The maximum Gasteiger partial charge on any atom is 0.343 e. The smallest absolute Gasteiger partial charge is 0.343 e. The fourth-order valence-corrected chi connectivity index (χ4v) is 4.18. The zero-order valence-corrected chi connectivity index (χ0v) is 19.7. The Bertz CT molecular complexity index is 1080. The second-order valence-corrected chi connectivity index (χ2v) is 8.91. The topological polar surface area (TPSA) is 70.8 Å². The number of aryl methyl sites for hydroxylation is 1. The van der Waals surface area contributed by atoms with E-state index in [0.29, 0.717) is 13.1 Å². The minimum atomic E-state index is -0.326. The first-order valence-corrected chi connectivity index (χ1v) is 11.5. The molecular weight excluding hydrogens is 416 g/mol. The lowest BCUT2D eigenvalue weighted by Crippen LogP contribution is -2.47. The van der Waals surface area contributed by atoms with Crippen LogP contribution in [0.1, 0.15) is 43.9 Å². The van der Waals surface area contributed by atoms with E-state index in [1.54, 1.807) is 25.9 Å². The van der Waals surface area contributed by atoms with E-state index in [-0.39, 0.29) is 18.0 Å². The van der Waals surface area contributed by atoms with Gasteiger partial charge in [-0.3, -0.25) is 5.21 Å². The highest BCUT2D eigenvalue weighted by molar-refractivity contribution is 5.73. The highest BCUT2D eigenvalue weighted by Crippen LogP contribution is 2.33. The minimum absolute atomic E-state index is 0.243. The number of hydroxylamine groups is 2. The molecule has 0 spiro atoms. The van der Waals surface area contributed by atoms with E-state index >= 15 is 0 Å². The molecule has 1 aliphatic rings. The lowest BCUT2D eigenvalue weighted by molar-refractivity contribution is -0.0814. The van der Waals surface area contributed by atoms with Gasteiger partial charge in [0.25, 0.3) is 0 Å². The number of hydrogen-bond acceptors (Lipinski definition) is 4. The van der Waals surface area contributed by atoms with E-state index in [9.17, 15) is 10.0 Å². The molecule has 1 aromatic heterocycles. The molecule has 7 nitrogen and oxygen atoms in total. The van der Waals surface area contributed by atoms with Gasteiger partial charge in [0.2, 0.25) is 0 Å². The third kappa shape index (κ3) is 4.88. The molecule has 1 fully saturated rings. The SMILES string of the molecule is COc1ccc(-n2nc(C3CCN(C(=O)N(O)C(C)C)CC3)cc2-c2ccc(C)cc2)cc1. The molecule has 1 N–H and O–H groups in total. The summed E-state index contributed by atoms with van der Waals surface area (Å²) in [6.45, 7) is 6.87. The molecule has 3 aromatic rings. The van der Waals surface area contributed by atoms with Crippen LogP contribution in [0.25, 0.3) is 16.9 Å². The van der Waals surface area contributed by atoms with Crippen molar-refractivity contribution in [3.63, 3.8) is 0 Å². The van der Waals surface area contributed by atoms with Crippen molar-refractivity contribution in [3.05, 3.63) is 65.9 Å². The summed E-state index contributed by atoms with van der Waals surface area (Å²) in [7, 11) is 1.66. The zero-order chi connectivity index (χ0) is 23.5. The van der Waals surface area contributed by atoms with Gasteiger partial charge >= 0.3 is 6.03 Å². The summed E-state index contributed by atoms with van der Waals surface area (Å²) in [6.07, 6.45) is 1.62. The van der Waals surface area contributed by atoms with Crippen LogP contribution in [0, 0.1) is 6.92 Å². The van der Waals surface area contributed by atoms with E-state index in [0.717, 1.165) is 46.3 Å². The van der Waals surface area contributed by atoms with Crippen molar-refractivity contribution < 1.29 is 14.7 Å². The number of rotatable bonds is 5. The maximum absolute atomic E-state index is 12.5. The van der Waals surface area contributed by atoms with Gasteiger partial charge in [0, 0.05) is 24.6 Å². The van der Waals surface area contributed by atoms with Crippen molar-refractivity contribution in [3.8, 4) is 22.7 Å². The third-order valence-corrected chi connectivity index (χ3v) is 6.26. The number of piperidine rings is 1. The summed E-state index contributed by atoms with van der Waals surface area (Å²) in [6, 6.07) is 18.0. The fraction of sp³-hybridized carbons (Fsp3) is 0.385. The van der Waals surface area contributed by atoms with Gasteiger partial charge in [-0.05, 0) is 63.9 Å². The van der Waals surface area contributed by atoms with Gasteiger partial charge in [-0.15, -0.1) is 0 Å². The van der Waals surface area contributed by atoms with Crippen LogP contribution in [0.5, 0.6) is 5.75 Å². The predicted molar refractivity (Wildman–Crippen MR) is 128 cm³/mol. The highest BCUT2D eigenvalue weighted by atomic mass is 16.5. The van der Waals surface area contributed by atoms with Crippen molar-refractivity contribution >= 4 is 6.03 Å². The van der Waals surface area contributed by atoms with Gasteiger partial charge in [0.15, 0.2) is 0 Å². The van der Waals surface area contributed by atoms with E-state index in [1.165, 1.54) is 5.56 Å². The van der Waals surface area contributed by atoms with Crippen LogP contribution in [0.3, 0.4) is 0 Å². The Morgan fingerprint density at radius 2 is 1.73 bits per heavy atom. The molecule has 0 aliphatic carbocycles. The van der Waals surface area contributed by atoms with Crippen LogP contribution in [0.15, 0.2) is 54.6 Å². The van der Waals surface area contributed by atoms with Gasteiger partial charge in [-0.25, -0.2) is 14.5 Å².